The number of aromatic hydroxyl groups is 1. The van der Waals surface area contributed by atoms with Gasteiger partial charge < -0.3 is 9.84 Å². The van der Waals surface area contributed by atoms with Gasteiger partial charge >= 0.3 is 54.3 Å². The van der Waals surface area contributed by atoms with Crippen LogP contribution in [-0.2, 0) is 9.47 Å². The van der Waals surface area contributed by atoms with Gasteiger partial charge in [-0.25, -0.2) is 19.4 Å². The van der Waals surface area contributed by atoms with Gasteiger partial charge in [0.25, 0.3) is 0 Å². The van der Waals surface area contributed by atoms with E-state index in [2.05, 4.69) is 19.4 Å². The van der Waals surface area contributed by atoms with Crippen molar-refractivity contribution in [2.45, 2.75) is 54.3 Å². The minimum Gasteiger partial charge on any atom is -0.505 e. The van der Waals surface area contributed by atoms with Crippen molar-refractivity contribution in [2.75, 3.05) is 6.61 Å². The molecule has 0 aliphatic rings. The third-order valence-corrected chi connectivity index (χ3v) is 4.93. The number of hydrogen-bond donors (Lipinski definition) is 1. The Kier molecular flexibility index (Phi) is 9.53. The first-order valence-corrected chi connectivity index (χ1v) is 10.6. The first-order chi connectivity index (χ1) is 19.9. The molecule has 2 aromatic rings. The lowest BCUT2D eigenvalue weighted by Crippen LogP contribution is -2.71. The molecule has 1 aromatic heterocycles. The molecule has 0 saturated heterocycles. The zero-order valence-corrected chi connectivity index (χ0v) is 20.4. The molecule has 1 aromatic carbocycles. The summed E-state index contributed by atoms with van der Waals surface area (Å²) in [5.41, 5.74) is 0.108. The van der Waals surface area contributed by atoms with Crippen LogP contribution in [0.2, 0.25) is 0 Å². The summed E-state index contributed by atoms with van der Waals surface area (Å²) in [6.45, 7) is -2.53. The highest BCUT2D eigenvalue weighted by Crippen LogP contribution is 2.61. The van der Waals surface area contributed by atoms with Crippen LogP contribution in [0.4, 0.5) is 83.4 Å². The number of aromatic nitrogens is 2. The second kappa shape index (κ2) is 11.4. The van der Waals surface area contributed by atoms with E-state index >= 15 is 0 Å². The van der Waals surface area contributed by atoms with Crippen molar-refractivity contribution in [1.29, 1.82) is 0 Å². The largest absolute Gasteiger partial charge is 0.505 e. The van der Waals surface area contributed by atoms with E-state index in [0.717, 1.165) is 36.7 Å². The fraction of sp³-hybridized carbons (Fsp3) is 0.500. The van der Waals surface area contributed by atoms with E-state index in [9.17, 15) is 83.4 Å². The molecule has 6 nitrogen and oxygen atoms in total. The van der Waals surface area contributed by atoms with Crippen molar-refractivity contribution < 1.29 is 103 Å². The molecule has 0 radical (unpaired) electrons. The third kappa shape index (κ3) is 7.01. The number of nitrogens with zero attached hydrogens (tertiary/aromatic N) is 2. The van der Waals surface area contributed by atoms with Crippen LogP contribution in [0.3, 0.4) is 0 Å². The maximum absolute atomic E-state index is 13.8. The van der Waals surface area contributed by atoms with E-state index in [-0.39, 0.29) is 17.1 Å². The average molecular weight is 702 g/mol. The van der Waals surface area contributed by atoms with Crippen LogP contribution in [0.1, 0.15) is 0 Å². The van der Waals surface area contributed by atoms with Crippen molar-refractivity contribution >= 4 is 0 Å². The molecular weight excluding hydrogens is 693 g/mol. The predicted octanol–water partition coefficient (Wildman–Crippen LogP) is 7.74. The molecule has 0 atom stereocenters. The topological polar surface area (TPSA) is 73.7 Å². The highest BCUT2D eigenvalue weighted by molar-refractivity contribution is 5.56. The molecule has 0 spiro atoms. The first kappa shape index (κ1) is 37.7. The molecule has 0 saturated carbocycles. The van der Waals surface area contributed by atoms with Crippen LogP contribution in [0.5, 0.6) is 11.5 Å². The quantitative estimate of drug-likeness (QED) is 0.216. The molecule has 25 heteroatoms. The van der Waals surface area contributed by atoms with Gasteiger partial charge in [0.15, 0.2) is 18.2 Å². The van der Waals surface area contributed by atoms with Gasteiger partial charge in [0, 0.05) is 5.56 Å². The fourth-order valence-corrected chi connectivity index (χ4v) is 2.65. The molecule has 1 heterocycles. The second-order valence-electron chi connectivity index (χ2n) is 8.27. The molecular formula is C20H9F19N2O4. The summed E-state index contributed by atoms with van der Waals surface area (Å²) in [4.78, 5) is 7.29. The molecule has 0 amide bonds. The Hall–Kier alpha value is -3.51. The van der Waals surface area contributed by atoms with Gasteiger partial charge in [-0.2, -0.15) is 83.4 Å². The maximum atomic E-state index is 13.8. The lowest BCUT2D eigenvalue weighted by Gasteiger charge is -2.40. The van der Waals surface area contributed by atoms with Gasteiger partial charge in [0.1, 0.15) is 5.75 Å². The predicted molar refractivity (Wildman–Crippen MR) is 102 cm³/mol. The van der Waals surface area contributed by atoms with E-state index in [1.165, 1.54) is 4.74 Å². The molecule has 256 valence electrons. The smallest absolute Gasteiger partial charge is 0.460 e. The summed E-state index contributed by atoms with van der Waals surface area (Å²) in [5.74, 6) is -35.3. The lowest BCUT2D eigenvalue weighted by atomic mass is 9.97. The van der Waals surface area contributed by atoms with Crippen molar-refractivity contribution in [3.8, 4) is 22.9 Å². The van der Waals surface area contributed by atoms with Crippen LogP contribution < -0.4 is 4.74 Å². The minimum absolute atomic E-state index is 0.0761. The molecule has 0 aliphatic heterocycles. The Balaban J connectivity index is 2.22. The van der Waals surface area contributed by atoms with Gasteiger partial charge in [-0.15, -0.1) is 0 Å². The number of rotatable bonds is 13. The van der Waals surface area contributed by atoms with Gasteiger partial charge in [0.2, 0.25) is 0 Å². The summed E-state index contributed by atoms with van der Waals surface area (Å²) in [6, 6.07) is 3.61. The number of benzene rings is 1. The Morgan fingerprint density at radius 1 is 0.533 bits per heavy atom. The summed E-state index contributed by atoms with van der Waals surface area (Å²) in [7, 11) is 0. The van der Waals surface area contributed by atoms with Gasteiger partial charge in [0.05, 0.1) is 12.4 Å². The van der Waals surface area contributed by atoms with Crippen molar-refractivity contribution in [1.82, 2.24) is 9.97 Å². The highest BCUT2D eigenvalue weighted by Gasteiger charge is 2.92. The van der Waals surface area contributed by atoms with Crippen molar-refractivity contribution in [3.63, 3.8) is 0 Å². The zero-order valence-electron chi connectivity index (χ0n) is 20.4. The van der Waals surface area contributed by atoms with E-state index in [1.807, 2.05) is 0 Å². The molecule has 0 unspecified atom stereocenters. The first-order valence-electron chi connectivity index (χ1n) is 10.6. The lowest BCUT2D eigenvalue weighted by molar-refractivity contribution is -0.544. The van der Waals surface area contributed by atoms with Gasteiger partial charge in [-0.3, -0.25) is 0 Å². The number of alkyl halides is 19. The van der Waals surface area contributed by atoms with E-state index in [0.29, 0.717) is 0 Å². The zero-order chi connectivity index (χ0) is 35.3. The monoisotopic (exact) mass is 702 g/mol. The summed E-state index contributed by atoms with van der Waals surface area (Å²) in [6.07, 6.45) is -35.0. The normalized spacial score (nSPS) is 14.9. The summed E-state index contributed by atoms with van der Waals surface area (Å²) in [5, 5.41) is 9.11. The van der Waals surface area contributed by atoms with Crippen LogP contribution in [-0.4, -0.2) is 76.0 Å². The molecule has 0 bridgehead atoms. The Morgan fingerprint density at radius 3 is 1.40 bits per heavy atom. The van der Waals surface area contributed by atoms with Crippen LogP contribution >= 0.6 is 0 Å². The summed E-state index contributed by atoms with van der Waals surface area (Å²) >= 11 is 0. The standard InChI is InChI=1S/C20H9F19N2O4/c21-12(22,7-43-10-3-1-8(2-4-10)11-40-5-9(42)6-41-11)44-19(36,37)20(38,39)45-18(34,35)16(29,30)14(25,26)13(23,24)15(27,28)17(31,32)33/h1-6,42H,7H2. The fourth-order valence-electron chi connectivity index (χ4n) is 2.65. The molecule has 2 rings (SSSR count). The Bertz CT molecular complexity index is 1310. The Morgan fingerprint density at radius 2 is 0.956 bits per heavy atom. The number of hydrogen-bond acceptors (Lipinski definition) is 6. The minimum atomic E-state index is -8.71. The SMILES string of the molecule is Oc1cnc(-c2ccc(OCC(F)(F)OC(F)(F)C(F)(F)OC(F)(F)C(F)(F)C(F)(F)C(F)(F)C(F)(F)C(F)(F)F)cc2)nc1. The Labute approximate surface area is 234 Å². The average Bonchev–Trinajstić information content (AvgIpc) is 2.86. The number of ether oxygens (including phenoxy) is 3. The molecule has 0 aliphatic carbocycles. The van der Waals surface area contributed by atoms with Crippen LogP contribution in [0.15, 0.2) is 36.7 Å². The molecule has 1 N–H and O–H groups in total. The van der Waals surface area contributed by atoms with E-state index in [1.54, 1.807) is 0 Å². The summed E-state index contributed by atoms with van der Waals surface area (Å²) < 4.78 is 259. The molecule has 45 heavy (non-hydrogen) atoms. The maximum Gasteiger partial charge on any atom is 0.460 e. The molecule has 0 fully saturated rings. The third-order valence-electron chi connectivity index (χ3n) is 4.93. The second-order valence-corrected chi connectivity index (χ2v) is 8.27. The van der Waals surface area contributed by atoms with Crippen molar-refractivity contribution in [3.05, 3.63) is 36.7 Å². The van der Waals surface area contributed by atoms with Crippen LogP contribution in [0, 0.1) is 0 Å². The number of halogens is 19. The van der Waals surface area contributed by atoms with E-state index < -0.39 is 66.7 Å². The van der Waals surface area contributed by atoms with Gasteiger partial charge in [-0.05, 0) is 24.3 Å². The van der Waals surface area contributed by atoms with Crippen LogP contribution in [0.25, 0.3) is 11.4 Å². The van der Waals surface area contributed by atoms with Gasteiger partial charge in [-0.1, -0.05) is 0 Å². The van der Waals surface area contributed by atoms with Crippen molar-refractivity contribution in [2.24, 2.45) is 0 Å². The van der Waals surface area contributed by atoms with E-state index in [4.69, 9.17) is 5.11 Å². The highest BCUT2D eigenvalue weighted by atomic mass is 19.4.